The van der Waals surface area contributed by atoms with Crippen LogP contribution in [0.2, 0.25) is 0 Å². The molecular formula is C12H17NO3S. The second-order valence-corrected chi connectivity index (χ2v) is 5.57. The van der Waals surface area contributed by atoms with Crippen LogP contribution in [0.3, 0.4) is 0 Å². The van der Waals surface area contributed by atoms with Crippen LogP contribution < -0.4 is 0 Å². The van der Waals surface area contributed by atoms with E-state index in [0.717, 1.165) is 22.8 Å². The van der Waals surface area contributed by atoms with Crippen molar-refractivity contribution in [2.45, 2.75) is 12.8 Å². The maximum atomic E-state index is 11.3. The summed E-state index contributed by atoms with van der Waals surface area (Å²) in [5.74, 6) is -1.15. The molecule has 0 aromatic carbocycles. The minimum atomic E-state index is -0.738. The van der Waals surface area contributed by atoms with Gasteiger partial charge in [-0.05, 0) is 19.1 Å². The fraction of sp³-hybridized carbons (Fsp3) is 0.583. The Morgan fingerprint density at radius 1 is 1.53 bits per heavy atom. The average Bonchev–Trinajstić information content (AvgIpc) is 2.73. The van der Waals surface area contributed by atoms with Crippen molar-refractivity contribution in [2.24, 2.45) is 0 Å². The van der Waals surface area contributed by atoms with Crippen molar-refractivity contribution in [3.63, 3.8) is 0 Å². The van der Waals surface area contributed by atoms with Gasteiger partial charge in [-0.1, -0.05) is 0 Å². The second kappa shape index (κ2) is 5.62. The van der Waals surface area contributed by atoms with Crippen molar-refractivity contribution in [3.05, 3.63) is 21.9 Å². The van der Waals surface area contributed by atoms with E-state index in [2.05, 4.69) is 4.90 Å². The van der Waals surface area contributed by atoms with Crippen LogP contribution in [-0.4, -0.2) is 48.8 Å². The lowest BCUT2D eigenvalue weighted by molar-refractivity contribution is -0.139. The molecule has 17 heavy (non-hydrogen) atoms. The molecule has 1 aliphatic heterocycles. The largest absolute Gasteiger partial charge is 0.481 e. The smallest absolute Gasteiger partial charge is 0.313 e. The fourth-order valence-corrected chi connectivity index (χ4v) is 2.93. The van der Waals surface area contributed by atoms with Crippen LogP contribution in [0.4, 0.5) is 0 Å². The Labute approximate surface area is 105 Å². The van der Waals surface area contributed by atoms with E-state index in [1.807, 2.05) is 19.1 Å². The number of rotatable bonds is 4. The third-order valence-corrected chi connectivity index (χ3v) is 4.06. The molecule has 0 spiro atoms. The van der Waals surface area contributed by atoms with Crippen LogP contribution in [0.25, 0.3) is 0 Å². The van der Waals surface area contributed by atoms with Crippen LogP contribution in [0.15, 0.2) is 12.1 Å². The summed E-state index contributed by atoms with van der Waals surface area (Å²) in [5.41, 5.74) is 0. The molecule has 1 aromatic rings. The highest BCUT2D eigenvalue weighted by Crippen LogP contribution is 2.25. The Morgan fingerprint density at radius 3 is 2.76 bits per heavy atom. The van der Waals surface area contributed by atoms with Crippen molar-refractivity contribution >= 4 is 17.3 Å². The first-order valence-electron chi connectivity index (χ1n) is 5.76. The number of thiophene rings is 1. The molecule has 1 aromatic heterocycles. The van der Waals surface area contributed by atoms with Gasteiger partial charge in [-0.15, -0.1) is 11.3 Å². The number of nitrogens with zero attached hydrogens (tertiary/aromatic N) is 1. The lowest BCUT2D eigenvalue weighted by atomic mass is 10.1. The third kappa shape index (κ3) is 3.28. The van der Waals surface area contributed by atoms with E-state index in [1.54, 1.807) is 11.3 Å². The lowest BCUT2D eigenvalue weighted by Crippen LogP contribution is -2.40. The van der Waals surface area contributed by atoms with Crippen LogP contribution in [0, 0.1) is 6.92 Å². The van der Waals surface area contributed by atoms with E-state index < -0.39 is 11.9 Å². The van der Waals surface area contributed by atoms with Crippen molar-refractivity contribution in [1.29, 1.82) is 0 Å². The summed E-state index contributed by atoms with van der Waals surface area (Å²) in [4.78, 5) is 15.6. The van der Waals surface area contributed by atoms with E-state index in [4.69, 9.17) is 4.74 Å². The normalized spacial score (nSPS) is 19.1. The zero-order chi connectivity index (χ0) is 12.3. The monoisotopic (exact) mass is 255 g/mol. The third-order valence-electron chi connectivity index (χ3n) is 2.95. The molecule has 0 saturated carbocycles. The Hall–Kier alpha value is -0.910. The quantitative estimate of drug-likeness (QED) is 0.887. The Kier molecular flexibility index (Phi) is 4.15. The van der Waals surface area contributed by atoms with Gasteiger partial charge in [-0.25, -0.2) is 0 Å². The number of carbonyl (C=O) groups is 1. The van der Waals surface area contributed by atoms with Gasteiger partial charge in [0.05, 0.1) is 13.2 Å². The van der Waals surface area contributed by atoms with Crippen molar-refractivity contribution in [2.75, 3.05) is 32.8 Å². The van der Waals surface area contributed by atoms with Gasteiger partial charge in [0.1, 0.15) is 5.92 Å². The highest BCUT2D eigenvalue weighted by Gasteiger charge is 2.25. The maximum absolute atomic E-state index is 11.3. The van der Waals surface area contributed by atoms with Crippen LogP contribution in [-0.2, 0) is 9.53 Å². The Bertz CT molecular complexity index is 385. The van der Waals surface area contributed by atoms with Gasteiger partial charge in [0.15, 0.2) is 0 Å². The topological polar surface area (TPSA) is 49.8 Å². The second-order valence-electron chi connectivity index (χ2n) is 4.25. The molecule has 2 heterocycles. The van der Waals surface area contributed by atoms with Gasteiger partial charge >= 0.3 is 5.97 Å². The van der Waals surface area contributed by atoms with Crippen molar-refractivity contribution in [3.8, 4) is 0 Å². The summed E-state index contributed by atoms with van der Waals surface area (Å²) in [7, 11) is 0. The number of carboxylic acid groups (broad SMARTS) is 1. The predicted molar refractivity (Wildman–Crippen MR) is 66.7 cm³/mol. The first kappa shape index (κ1) is 12.5. The van der Waals surface area contributed by atoms with E-state index in [9.17, 15) is 9.90 Å². The molecule has 0 aliphatic carbocycles. The van der Waals surface area contributed by atoms with Crippen molar-refractivity contribution < 1.29 is 14.6 Å². The zero-order valence-electron chi connectivity index (χ0n) is 9.89. The van der Waals surface area contributed by atoms with Crippen molar-refractivity contribution in [1.82, 2.24) is 4.90 Å². The highest BCUT2D eigenvalue weighted by atomic mass is 32.1. The molecule has 1 unspecified atom stereocenters. The van der Waals surface area contributed by atoms with Gasteiger partial charge in [0.25, 0.3) is 0 Å². The first-order valence-corrected chi connectivity index (χ1v) is 6.57. The Morgan fingerprint density at radius 2 is 2.24 bits per heavy atom. The molecule has 1 atom stereocenters. The number of aryl methyl sites for hydroxylation is 1. The van der Waals surface area contributed by atoms with E-state index in [1.165, 1.54) is 0 Å². The van der Waals surface area contributed by atoms with Gasteiger partial charge in [-0.2, -0.15) is 0 Å². The minimum absolute atomic E-state index is 0.410. The number of ether oxygens (including phenoxy) is 1. The van der Waals surface area contributed by atoms with E-state index in [0.29, 0.717) is 19.8 Å². The van der Waals surface area contributed by atoms with Crippen LogP contribution in [0.5, 0.6) is 0 Å². The summed E-state index contributed by atoms with van der Waals surface area (Å²) >= 11 is 1.57. The molecule has 2 rings (SSSR count). The molecule has 94 valence electrons. The van der Waals surface area contributed by atoms with Gasteiger partial charge in [0.2, 0.25) is 0 Å². The molecule has 1 N–H and O–H groups in total. The number of hydrogen-bond acceptors (Lipinski definition) is 4. The number of hydrogen-bond donors (Lipinski definition) is 1. The summed E-state index contributed by atoms with van der Waals surface area (Å²) in [6.07, 6.45) is 0. The molecule has 0 bridgehead atoms. The summed E-state index contributed by atoms with van der Waals surface area (Å²) in [6.45, 7) is 5.65. The Balaban J connectivity index is 2.04. The minimum Gasteiger partial charge on any atom is -0.481 e. The first-order chi connectivity index (χ1) is 8.16. The van der Waals surface area contributed by atoms with E-state index >= 15 is 0 Å². The fourth-order valence-electron chi connectivity index (χ4n) is 1.97. The molecule has 0 radical (unpaired) electrons. The standard InChI is InChI=1S/C12H17NO3S/c1-9-2-3-11(17-9)10(12(14)15)8-13-4-6-16-7-5-13/h2-3,10H,4-8H2,1H3,(H,14,15). The summed E-state index contributed by atoms with van der Waals surface area (Å²) < 4.78 is 5.27. The zero-order valence-corrected chi connectivity index (χ0v) is 10.7. The lowest BCUT2D eigenvalue weighted by Gasteiger charge is -2.28. The number of aliphatic carboxylic acids is 1. The average molecular weight is 255 g/mol. The number of morpholine rings is 1. The van der Waals surface area contributed by atoms with E-state index in [-0.39, 0.29) is 0 Å². The molecule has 1 aliphatic rings. The molecular weight excluding hydrogens is 238 g/mol. The predicted octanol–water partition coefficient (Wildman–Crippen LogP) is 1.56. The highest BCUT2D eigenvalue weighted by molar-refractivity contribution is 7.12. The molecule has 5 heteroatoms. The number of carboxylic acids is 1. The van der Waals surface area contributed by atoms with Crippen LogP contribution in [0.1, 0.15) is 15.7 Å². The van der Waals surface area contributed by atoms with Gasteiger partial charge in [0, 0.05) is 29.4 Å². The van der Waals surface area contributed by atoms with Crippen LogP contribution >= 0.6 is 11.3 Å². The molecule has 1 saturated heterocycles. The SMILES string of the molecule is Cc1ccc(C(CN2CCOCC2)C(=O)O)s1. The molecule has 1 fully saturated rings. The van der Waals surface area contributed by atoms with Gasteiger partial charge < -0.3 is 9.84 Å². The molecule has 4 nitrogen and oxygen atoms in total. The van der Waals surface area contributed by atoms with Gasteiger partial charge in [-0.3, -0.25) is 9.69 Å². The summed E-state index contributed by atoms with van der Waals surface area (Å²) in [5, 5.41) is 9.32. The summed E-state index contributed by atoms with van der Waals surface area (Å²) in [6, 6.07) is 3.91. The molecule has 0 amide bonds. The maximum Gasteiger partial charge on any atom is 0.313 e.